The number of unbranched alkanes of at least 4 members (excludes halogenated alkanes) is 46. The summed E-state index contributed by atoms with van der Waals surface area (Å²) in [5, 5.41) is 23.3. The molecule has 6 heteroatoms. The minimum Gasteiger partial charge on any atom is -0.466 e. The van der Waals surface area contributed by atoms with Crippen molar-refractivity contribution >= 4 is 11.9 Å². The molecule has 0 saturated heterocycles. The quantitative estimate of drug-likeness (QED) is 0.0320. The number of carbonyl (C=O) groups is 2. The maximum atomic E-state index is 12.5. The van der Waals surface area contributed by atoms with Gasteiger partial charge in [0.2, 0.25) is 5.91 Å². The van der Waals surface area contributed by atoms with Gasteiger partial charge in [-0.25, -0.2) is 0 Å². The van der Waals surface area contributed by atoms with Gasteiger partial charge in [-0.05, 0) is 57.8 Å². The largest absolute Gasteiger partial charge is 0.466 e. The number of hydrogen-bond donors (Lipinski definition) is 3. The molecule has 0 rings (SSSR count). The predicted octanol–water partition coefficient (Wildman–Crippen LogP) is 20.6. The van der Waals surface area contributed by atoms with E-state index in [0.29, 0.717) is 25.9 Å². The summed E-state index contributed by atoms with van der Waals surface area (Å²) < 4.78 is 5.49. The van der Waals surface area contributed by atoms with Crippen LogP contribution in [0.5, 0.6) is 0 Å². The summed E-state index contributed by atoms with van der Waals surface area (Å²) in [5.74, 6) is -0.0264. The van der Waals surface area contributed by atoms with Gasteiger partial charge in [0.15, 0.2) is 0 Å². The summed E-state index contributed by atoms with van der Waals surface area (Å²) in [6.45, 7) is 4.97. The molecule has 0 aliphatic rings. The van der Waals surface area contributed by atoms with Crippen molar-refractivity contribution < 1.29 is 24.5 Å². The fourth-order valence-electron chi connectivity index (χ4n) is 10.3. The standard InChI is InChI=1S/C66H127NO5/c1-3-5-7-9-11-13-15-17-19-32-36-40-44-48-52-56-60-66(71)72-61-57-53-49-45-41-37-33-30-28-26-24-22-20-21-23-25-27-29-31-35-39-43-47-51-55-59-65(70)67-63(62-68)64(69)58-54-50-46-42-38-34-18-16-14-12-10-8-6-4-2/h21-24,63-64,68-69H,3-20,25-62H2,1-2H3,(H,67,70)/b23-21-,24-22-. The van der Waals surface area contributed by atoms with Crippen molar-refractivity contribution in [2.24, 2.45) is 0 Å². The highest BCUT2D eigenvalue weighted by Crippen LogP contribution is 2.18. The summed E-state index contributed by atoms with van der Waals surface area (Å²) in [6.07, 6.45) is 76.3. The van der Waals surface area contributed by atoms with Crippen molar-refractivity contribution in [1.82, 2.24) is 5.32 Å². The lowest BCUT2D eigenvalue weighted by Gasteiger charge is -2.22. The SMILES string of the molecule is CCCCCCCCCCCCCCCCCCC(=O)OCCCCCCCCCCC/C=C\C/C=C\CCCCCCCCCCCC(=O)NC(CO)C(O)CCCCCCCCCCCCCCCC. The Hall–Kier alpha value is -1.66. The van der Waals surface area contributed by atoms with Crippen LogP contribution in [0.15, 0.2) is 24.3 Å². The molecule has 0 spiro atoms. The van der Waals surface area contributed by atoms with Gasteiger partial charge < -0.3 is 20.3 Å². The molecule has 0 aromatic rings. The van der Waals surface area contributed by atoms with Crippen molar-refractivity contribution in [2.45, 2.75) is 373 Å². The molecular weight excluding hydrogens is 887 g/mol. The minimum absolute atomic E-state index is 0.0130. The van der Waals surface area contributed by atoms with Gasteiger partial charge >= 0.3 is 5.97 Å². The van der Waals surface area contributed by atoms with E-state index in [0.717, 1.165) is 44.9 Å². The van der Waals surface area contributed by atoms with Crippen LogP contribution < -0.4 is 5.32 Å². The molecule has 0 radical (unpaired) electrons. The van der Waals surface area contributed by atoms with Crippen LogP contribution in [0, 0.1) is 0 Å². The van der Waals surface area contributed by atoms with Crippen LogP contribution in [-0.4, -0.2) is 47.4 Å². The third kappa shape index (κ3) is 57.6. The Morgan fingerprint density at radius 3 is 1.06 bits per heavy atom. The van der Waals surface area contributed by atoms with Crippen molar-refractivity contribution in [3.63, 3.8) is 0 Å². The van der Waals surface area contributed by atoms with E-state index in [2.05, 4.69) is 43.5 Å². The van der Waals surface area contributed by atoms with Crippen LogP contribution in [0.1, 0.15) is 361 Å². The first-order valence-corrected chi connectivity index (χ1v) is 32.6. The Labute approximate surface area is 450 Å². The number of hydrogen-bond acceptors (Lipinski definition) is 5. The molecule has 72 heavy (non-hydrogen) atoms. The zero-order valence-corrected chi connectivity index (χ0v) is 48.7. The predicted molar refractivity (Wildman–Crippen MR) is 315 cm³/mol. The lowest BCUT2D eigenvalue weighted by Crippen LogP contribution is -2.45. The number of aliphatic hydroxyl groups excluding tert-OH is 2. The Bertz CT molecular complexity index is 1120. The second kappa shape index (κ2) is 61.9. The topological polar surface area (TPSA) is 95.9 Å². The number of ether oxygens (including phenoxy) is 1. The van der Waals surface area contributed by atoms with Crippen LogP contribution in [0.4, 0.5) is 0 Å². The van der Waals surface area contributed by atoms with Crippen molar-refractivity contribution in [2.75, 3.05) is 13.2 Å². The smallest absolute Gasteiger partial charge is 0.305 e. The van der Waals surface area contributed by atoms with E-state index in [1.165, 1.54) is 283 Å². The van der Waals surface area contributed by atoms with Crippen molar-refractivity contribution in [3.05, 3.63) is 24.3 Å². The second-order valence-electron chi connectivity index (χ2n) is 22.5. The molecule has 3 N–H and O–H groups in total. The summed E-state index contributed by atoms with van der Waals surface area (Å²) in [5.41, 5.74) is 0. The first kappa shape index (κ1) is 70.3. The molecule has 0 aromatic heterocycles. The van der Waals surface area contributed by atoms with Gasteiger partial charge in [-0.3, -0.25) is 9.59 Å². The molecular formula is C66H127NO5. The van der Waals surface area contributed by atoms with E-state index >= 15 is 0 Å². The van der Waals surface area contributed by atoms with E-state index in [1.54, 1.807) is 0 Å². The summed E-state index contributed by atoms with van der Waals surface area (Å²) in [4.78, 5) is 24.6. The number of rotatable bonds is 61. The molecule has 1 amide bonds. The van der Waals surface area contributed by atoms with Crippen molar-refractivity contribution in [1.29, 1.82) is 0 Å². The summed E-state index contributed by atoms with van der Waals surface area (Å²) in [7, 11) is 0. The number of aliphatic hydroxyl groups is 2. The zero-order valence-electron chi connectivity index (χ0n) is 48.7. The highest BCUT2D eigenvalue weighted by molar-refractivity contribution is 5.76. The number of esters is 1. The number of carbonyl (C=O) groups excluding carboxylic acids is 2. The monoisotopic (exact) mass is 1010 g/mol. The van der Waals surface area contributed by atoms with Gasteiger partial charge in [0, 0.05) is 12.8 Å². The highest BCUT2D eigenvalue weighted by Gasteiger charge is 2.20. The Kier molecular flexibility index (Phi) is 60.5. The number of nitrogens with one attached hydrogen (secondary N) is 1. The molecule has 2 unspecified atom stereocenters. The average Bonchev–Trinajstić information content (AvgIpc) is 3.38. The van der Waals surface area contributed by atoms with E-state index in [4.69, 9.17) is 4.74 Å². The van der Waals surface area contributed by atoms with Gasteiger partial charge in [0.1, 0.15) is 0 Å². The summed E-state index contributed by atoms with van der Waals surface area (Å²) >= 11 is 0. The molecule has 2 atom stereocenters. The van der Waals surface area contributed by atoms with Gasteiger partial charge in [0.25, 0.3) is 0 Å². The van der Waals surface area contributed by atoms with Gasteiger partial charge in [-0.1, -0.05) is 314 Å². The van der Waals surface area contributed by atoms with E-state index in [1.807, 2.05) is 0 Å². The molecule has 6 nitrogen and oxygen atoms in total. The zero-order chi connectivity index (χ0) is 52.2. The lowest BCUT2D eigenvalue weighted by atomic mass is 10.0. The van der Waals surface area contributed by atoms with Crippen LogP contribution in [0.25, 0.3) is 0 Å². The van der Waals surface area contributed by atoms with E-state index in [9.17, 15) is 19.8 Å². The fourth-order valence-corrected chi connectivity index (χ4v) is 10.3. The minimum atomic E-state index is -0.668. The van der Waals surface area contributed by atoms with Gasteiger partial charge in [0.05, 0.1) is 25.4 Å². The molecule has 426 valence electrons. The molecule has 0 saturated carbocycles. The van der Waals surface area contributed by atoms with Crippen molar-refractivity contribution in [3.8, 4) is 0 Å². The Balaban J connectivity index is 3.41. The maximum absolute atomic E-state index is 12.5. The third-order valence-electron chi connectivity index (χ3n) is 15.3. The second-order valence-corrected chi connectivity index (χ2v) is 22.5. The van der Waals surface area contributed by atoms with Gasteiger partial charge in [-0.15, -0.1) is 0 Å². The normalized spacial score (nSPS) is 12.7. The van der Waals surface area contributed by atoms with Crippen LogP contribution in [0.2, 0.25) is 0 Å². The average molecular weight is 1010 g/mol. The number of allylic oxidation sites excluding steroid dienone is 4. The van der Waals surface area contributed by atoms with Gasteiger partial charge in [-0.2, -0.15) is 0 Å². The van der Waals surface area contributed by atoms with Crippen LogP contribution >= 0.6 is 0 Å². The maximum Gasteiger partial charge on any atom is 0.305 e. The Morgan fingerprint density at radius 2 is 0.694 bits per heavy atom. The molecule has 0 aliphatic heterocycles. The molecule has 0 fully saturated rings. The first-order chi connectivity index (χ1) is 35.5. The van der Waals surface area contributed by atoms with Crippen LogP contribution in [0.3, 0.4) is 0 Å². The molecule has 0 bridgehead atoms. The summed E-state index contributed by atoms with van der Waals surface area (Å²) in [6, 6.07) is -0.545. The molecule has 0 aromatic carbocycles. The number of amides is 1. The first-order valence-electron chi connectivity index (χ1n) is 32.6. The highest BCUT2D eigenvalue weighted by atomic mass is 16.5. The third-order valence-corrected chi connectivity index (χ3v) is 15.3. The molecule has 0 heterocycles. The molecule has 0 aliphatic carbocycles. The van der Waals surface area contributed by atoms with Crippen LogP contribution in [-0.2, 0) is 14.3 Å². The van der Waals surface area contributed by atoms with E-state index < -0.39 is 12.1 Å². The van der Waals surface area contributed by atoms with E-state index in [-0.39, 0.29) is 18.5 Å². The Morgan fingerprint density at radius 1 is 0.389 bits per heavy atom. The lowest BCUT2D eigenvalue weighted by molar-refractivity contribution is -0.143. The fraction of sp³-hybridized carbons (Fsp3) is 0.909.